The normalized spacial score (nSPS) is 10.6. The number of nitrogens with zero attached hydrogens (tertiary/aromatic N) is 3. The predicted molar refractivity (Wildman–Crippen MR) is 64.0 cm³/mol. The van der Waals surface area contributed by atoms with Crippen LogP contribution in [0.5, 0.6) is 0 Å². The SMILES string of the molecule is CCCn1ncnc1CNc1cc(F)ccc1F. The number of rotatable bonds is 5. The number of hydrogen-bond donors (Lipinski definition) is 1. The number of nitrogens with one attached hydrogen (secondary N) is 1. The Kier molecular flexibility index (Phi) is 3.86. The highest BCUT2D eigenvalue weighted by Gasteiger charge is 2.06. The van der Waals surface area contributed by atoms with Crippen molar-refractivity contribution < 1.29 is 8.78 Å². The fourth-order valence-electron chi connectivity index (χ4n) is 1.63. The fraction of sp³-hybridized carbons (Fsp3) is 0.333. The minimum Gasteiger partial charge on any atom is -0.375 e. The van der Waals surface area contributed by atoms with Gasteiger partial charge in [-0.15, -0.1) is 0 Å². The van der Waals surface area contributed by atoms with Crippen molar-refractivity contribution in [3.05, 3.63) is 42.0 Å². The Labute approximate surface area is 104 Å². The molecule has 0 amide bonds. The van der Waals surface area contributed by atoms with E-state index >= 15 is 0 Å². The fourth-order valence-corrected chi connectivity index (χ4v) is 1.63. The van der Waals surface area contributed by atoms with Gasteiger partial charge in [0.1, 0.15) is 23.8 Å². The molecule has 96 valence electrons. The van der Waals surface area contributed by atoms with Crippen molar-refractivity contribution >= 4 is 5.69 Å². The Balaban J connectivity index is 2.06. The topological polar surface area (TPSA) is 42.7 Å². The molecule has 2 aromatic rings. The molecule has 1 heterocycles. The van der Waals surface area contributed by atoms with Crippen LogP contribution in [0.2, 0.25) is 0 Å². The molecule has 1 aromatic carbocycles. The van der Waals surface area contributed by atoms with E-state index in [1.54, 1.807) is 4.68 Å². The van der Waals surface area contributed by atoms with Gasteiger partial charge in [0.2, 0.25) is 0 Å². The van der Waals surface area contributed by atoms with Gasteiger partial charge in [0.05, 0.1) is 12.2 Å². The summed E-state index contributed by atoms with van der Waals surface area (Å²) in [5.74, 6) is -0.271. The maximum absolute atomic E-state index is 13.4. The van der Waals surface area contributed by atoms with Gasteiger partial charge < -0.3 is 5.32 Å². The van der Waals surface area contributed by atoms with E-state index in [9.17, 15) is 8.78 Å². The van der Waals surface area contributed by atoms with Crippen LogP contribution in [-0.2, 0) is 13.1 Å². The lowest BCUT2D eigenvalue weighted by atomic mass is 10.3. The molecule has 4 nitrogen and oxygen atoms in total. The number of benzene rings is 1. The van der Waals surface area contributed by atoms with Crippen molar-refractivity contribution in [2.75, 3.05) is 5.32 Å². The average Bonchev–Trinajstić information content (AvgIpc) is 2.78. The van der Waals surface area contributed by atoms with Crippen LogP contribution < -0.4 is 5.32 Å². The first kappa shape index (κ1) is 12.5. The minimum absolute atomic E-state index is 0.126. The van der Waals surface area contributed by atoms with Gasteiger partial charge in [-0.2, -0.15) is 5.10 Å². The summed E-state index contributed by atoms with van der Waals surface area (Å²) < 4.78 is 28.1. The number of anilines is 1. The van der Waals surface area contributed by atoms with Crippen LogP contribution >= 0.6 is 0 Å². The van der Waals surface area contributed by atoms with Crippen LogP contribution in [0.4, 0.5) is 14.5 Å². The molecular formula is C12H14F2N4. The molecule has 18 heavy (non-hydrogen) atoms. The van der Waals surface area contributed by atoms with E-state index in [-0.39, 0.29) is 5.69 Å². The number of aryl methyl sites for hydroxylation is 1. The zero-order valence-electron chi connectivity index (χ0n) is 10.0. The second-order valence-electron chi connectivity index (χ2n) is 3.88. The Bertz CT molecular complexity index is 525. The van der Waals surface area contributed by atoms with E-state index in [2.05, 4.69) is 15.4 Å². The molecule has 0 saturated carbocycles. The molecule has 0 spiro atoms. The van der Waals surface area contributed by atoms with E-state index in [1.165, 1.54) is 6.33 Å². The van der Waals surface area contributed by atoms with Gasteiger partial charge in [-0.25, -0.2) is 18.4 Å². The average molecular weight is 252 g/mol. The summed E-state index contributed by atoms with van der Waals surface area (Å²) in [6.45, 7) is 3.09. The van der Waals surface area contributed by atoms with E-state index in [4.69, 9.17) is 0 Å². The third-order valence-corrected chi connectivity index (χ3v) is 2.50. The van der Waals surface area contributed by atoms with Crippen LogP contribution in [-0.4, -0.2) is 14.8 Å². The predicted octanol–water partition coefficient (Wildman–Crippen LogP) is 2.58. The summed E-state index contributed by atoms with van der Waals surface area (Å²) in [4.78, 5) is 4.08. The molecule has 0 bridgehead atoms. The third kappa shape index (κ3) is 2.82. The molecule has 0 aliphatic rings. The van der Waals surface area contributed by atoms with Gasteiger partial charge in [0, 0.05) is 6.54 Å². The summed E-state index contributed by atoms with van der Waals surface area (Å²) in [5.41, 5.74) is 0.126. The summed E-state index contributed by atoms with van der Waals surface area (Å²) in [5, 5.41) is 6.87. The van der Waals surface area contributed by atoms with Crippen molar-refractivity contribution in [3.63, 3.8) is 0 Å². The van der Waals surface area contributed by atoms with Crippen molar-refractivity contribution in [2.24, 2.45) is 0 Å². The molecule has 0 saturated heterocycles. The highest BCUT2D eigenvalue weighted by atomic mass is 19.1. The molecule has 0 aliphatic heterocycles. The van der Waals surface area contributed by atoms with E-state index in [0.717, 1.165) is 31.2 Å². The molecule has 0 fully saturated rings. The van der Waals surface area contributed by atoms with E-state index in [0.29, 0.717) is 12.4 Å². The van der Waals surface area contributed by atoms with Crippen LogP contribution in [0.25, 0.3) is 0 Å². The zero-order valence-corrected chi connectivity index (χ0v) is 10.0. The lowest BCUT2D eigenvalue weighted by Crippen LogP contribution is -2.10. The van der Waals surface area contributed by atoms with Gasteiger partial charge in [0.15, 0.2) is 0 Å². The first-order chi connectivity index (χ1) is 8.70. The van der Waals surface area contributed by atoms with Crippen LogP contribution in [0.1, 0.15) is 19.2 Å². The molecule has 1 aromatic heterocycles. The zero-order chi connectivity index (χ0) is 13.0. The van der Waals surface area contributed by atoms with Gasteiger partial charge in [0.25, 0.3) is 0 Å². The summed E-state index contributed by atoms with van der Waals surface area (Å²) in [6.07, 6.45) is 2.39. The quantitative estimate of drug-likeness (QED) is 0.889. The summed E-state index contributed by atoms with van der Waals surface area (Å²) in [6, 6.07) is 3.30. The summed E-state index contributed by atoms with van der Waals surface area (Å²) in [7, 11) is 0. The van der Waals surface area contributed by atoms with Gasteiger partial charge in [-0.1, -0.05) is 6.92 Å². The highest BCUT2D eigenvalue weighted by molar-refractivity contribution is 5.44. The van der Waals surface area contributed by atoms with Gasteiger partial charge in [-0.3, -0.25) is 0 Å². The molecule has 0 atom stereocenters. The highest BCUT2D eigenvalue weighted by Crippen LogP contribution is 2.15. The first-order valence-electron chi connectivity index (χ1n) is 5.76. The smallest absolute Gasteiger partial charge is 0.146 e. The molecule has 2 rings (SSSR count). The largest absolute Gasteiger partial charge is 0.375 e. The van der Waals surface area contributed by atoms with Crippen molar-refractivity contribution in [2.45, 2.75) is 26.4 Å². The minimum atomic E-state index is -0.488. The molecule has 1 N–H and O–H groups in total. The lowest BCUT2D eigenvalue weighted by molar-refractivity contribution is 0.572. The molecule has 0 aliphatic carbocycles. The number of hydrogen-bond acceptors (Lipinski definition) is 3. The van der Waals surface area contributed by atoms with E-state index in [1.807, 2.05) is 6.92 Å². The number of halogens is 2. The van der Waals surface area contributed by atoms with Crippen molar-refractivity contribution in [1.82, 2.24) is 14.8 Å². The Morgan fingerprint density at radius 2 is 2.17 bits per heavy atom. The maximum Gasteiger partial charge on any atom is 0.146 e. The van der Waals surface area contributed by atoms with Crippen molar-refractivity contribution in [1.29, 1.82) is 0 Å². The first-order valence-corrected chi connectivity index (χ1v) is 5.76. The van der Waals surface area contributed by atoms with Gasteiger partial charge in [-0.05, 0) is 24.6 Å². The van der Waals surface area contributed by atoms with Crippen LogP contribution in [0.3, 0.4) is 0 Å². The summed E-state index contributed by atoms with van der Waals surface area (Å²) >= 11 is 0. The molecule has 6 heteroatoms. The maximum atomic E-state index is 13.4. The molecular weight excluding hydrogens is 238 g/mol. The van der Waals surface area contributed by atoms with Crippen molar-refractivity contribution in [3.8, 4) is 0 Å². The molecule has 0 radical (unpaired) electrons. The Hall–Kier alpha value is -1.98. The lowest BCUT2D eigenvalue weighted by Gasteiger charge is -2.08. The molecule has 0 unspecified atom stereocenters. The van der Waals surface area contributed by atoms with Crippen LogP contribution in [0.15, 0.2) is 24.5 Å². The van der Waals surface area contributed by atoms with E-state index < -0.39 is 11.6 Å². The number of aromatic nitrogens is 3. The van der Waals surface area contributed by atoms with Crippen LogP contribution in [0, 0.1) is 11.6 Å². The van der Waals surface area contributed by atoms with Gasteiger partial charge >= 0.3 is 0 Å². The third-order valence-electron chi connectivity index (χ3n) is 2.50. The monoisotopic (exact) mass is 252 g/mol. The Morgan fingerprint density at radius 1 is 1.33 bits per heavy atom. The standard InChI is InChI=1S/C12H14F2N4/c1-2-5-18-12(16-8-17-18)7-15-11-6-9(13)3-4-10(11)14/h3-4,6,8,15H,2,5,7H2,1H3. The second kappa shape index (κ2) is 5.57. The second-order valence-corrected chi connectivity index (χ2v) is 3.88. The Morgan fingerprint density at radius 3 is 2.94 bits per heavy atom.